The first-order valence-corrected chi connectivity index (χ1v) is 5.58. The number of phenols is 1. The molecule has 1 aromatic heterocycles. The Morgan fingerprint density at radius 3 is 2.88 bits per heavy atom. The molecule has 1 aliphatic carbocycles. The molecule has 82 valence electrons. The lowest BCUT2D eigenvalue weighted by molar-refractivity contribution is 0.471. The molecule has 16 heavy (non-hydrogen) atoms. The van der Waals surface area contributed by atoms with E-state index in [1.807, 2.05) is 31.5 Å². The molecule has 2 aromatic rings. The van der Waals surface area contributed by atoms with E-state index < -0.39 is 0 Å². The standard InChI is InChI=1S/C13H14N2O/c1-9-8-10(2-5-12(9)16)13-14-6-7-15(13)11-3-4-11/h2,5-8,11,16H,3-4H2,1H3. The molecule has 1 aliphatic rings. The van der Waals surface area contributed by atoms with Gasteiger partial charge in [0.05, 0.1) is 0 Å². The van der Waals surface area contributed by atoms with E-state index in [1.54, 1.807) is 6.07 Å². The van der Waals surface area contributed by atoms with Crippen molar-refractivity contribution in [3.05, 3.63) is 36.2 Å². The van der Waals surface area contributed by atoms with E-state index in [2.05, 4.69) is 9.55 Å². The van der Waals surface area contributed by atoms with Gasteiger partial charge in [-0.05, 0) is 43.5 Å². The molecule has 0 spiro atoms. The van der Waals surface area contributed by atoms with E-state index in [0.29, 0.717) is 11.8 Å². The zero-order valence-electron chi connectivity index (χ0n) is 9.22. The number of phenolic OH excluding ortho intramolecular Hbond substituents is 1. The van der Waals surface area contributed by atoms with Gasteiger partial charge in [0.15, 0.2) is 0 Å². The van der Waals surface area contributed by atoms with Crippen molar-refractivity contribution in [2.45, 2.75) is 25.8 Å². The number of imidazole rings is 1. The van der Waals surface area contributed by atoms with Gasteiger partial charge in [-0.15, -0.1) is 0 Å². The zero-order chi connectivity index (χ0) is 11.1. The van der Waals surface area contributed by atoms with Gasteiger partial charge >= 0.3 is 0 Å². The highest BCUT2D eigenvalue weighted by atomic mass is 16.3. The van der Waals surface area contributed by atoms with Crippen LogP contribution in [-0.2, 0) is 0 Å². The van der Waals surface area contributed by atoms with Crippen LogP contribution in [-0.4, -0.2) is 14.7 Å². The Morgan fingerprint density at radius 2 is 2.19 bits per heavy atom. The first kappa shape index (κ1) is 9.46. The summed E-state index contributed by atoms with van der Waals surface area (Å²) in [4.78, 5) is 4.40. The summed E-state index contributed by atoms with van der Waals surface area (Å²) >= 11 is 0. The highest BCUT2D eigenvalue weighted by Crippen LogP contribution is 2.38. The Hall–Kier alpha value is -1.77. The summed E-state index contributed by atoms with van der Waals surface area (Å²) in [6.45, 7) is 1.91. The SMILES string of the molecule is Cc1cc(-c2nccn2C2CC2)ccc1O. The lowest BCUT2D eigenvalue weighted by Crippen LogP contribution is -1.96. The van der Waals surface area contributed by atoms with Crippen LogP contribution in [0.4, 0.5) is 0 Å². The molecule has 0 amide bonds. The zero-order valence-corrected chi connectivity index (χ0v) is 9.22. The maximum atomic E-state index is 9.50. The molecule has 0 unspecified atom stereocenters. The molecule has 1 N–H and O–H groups in total. The summed E-state index contributed by atoms with van der Waals surface area (Å²) in [5, 5.41) is 9.50. The van der Waals surface area contributed by atoms with Crippen molar-refractivity contribution >= 4 is 0 Å². The molecular weight excluding hydrogens is 200 g/mol. The molecule has 1 saturated carbocycles. The average Bonchev–Trinajstić information content (AvgIpc) is 3.01. The smallest absolute Gasteiger partial charge is 0.140 e. The van der Waals surface area contributed by atoms with Crippen molar-refractivity contribution in [3.8, 4) is 17.1 Å². The molecule has 3 nitrogen and oxygen atoms in total. The van der Waals surface area contributed by atoms with Gasteiger partial charge in [0, 0.05) is 24.0 Å². The maximum absolute atomic E-state index is 9.50. The third kappa shape index (κ3) is 1.48. The fraction of sp³-hybridized carbons (Fsp3) is 0.308. The van der Waals surface area contributed by atoms with Gasteiger partial charge in [-0.25, -0.2) is 4.98 Å². The minimum Gasteiger partial charge on any atom is -0.508 e. The fourth-order valence-corrected chi connectivity index (χ4v) is 1.98. The van der Waals surface area contributed by atoms with E-state index in [1.165, 1.54) is 12.8 Å². The number of aromatic hydroxyl groups is 1. The third-order valence-electron chi connectivity index (χ3n) is 3.06. The second kappa shape index (κ2) is 3.37. The summed E-state index contributed by atoms with van der Waals surface area (Å²) < 4.78 is 2.23. The molecule has 3 rings (SSSR count). The van der Waals surface area contributed by atoms with Gasteiger partial charge in [0.25, 0.3) is 0 Å². The van der Waals surface area contributed by atoms with Gasteiger partial charge in [-0.2, -0.15) is 0 Å². The summed E-state index contributed by atoms with van der Waals surface area (Å²) in [6, 6.07) is 6.27. The summed E-state index contributed by atoms with van der Waals surface area (Å²) in [5.41, 5.74) is 1.97. The normalized spacial score (nSPS) is 15.3. The van der Waals surface area contributed by atoms with Crippen LogP contribution in [0.1, 0.15) is 24.4 Å². The molecule has 0 radical (unpaired) electrons. The minimum absolute atomic E-state index is 0.341. The van der Waals surface area contributed by atoms with Gasteiger partial charge in [0.1, 0.15) is 11.6 Å². The van der Waals surface area contributed by atoms with E-state index in [4.69, 9.17) is 0 Å². The van der Waals surface area contributed by atoms with E-state index >= 15 is 0 Å². The fourth-order valence-electron chi connectivity index (χ4n) is 1.98. The van der Waals surface area contributed by atoms with E-state index in [-0.39, 0.29) is 0 Å². The van der Waals surface area contributed by atoms with Crippen LogP contribution in [0.2, 0.25) is 0 Å². The Balaban J connectivity index is 2.07. The number of hydrogen-bond acceptors (Lipinski definition) is 2. The van der Waals surface area contributed by atoms with Crippen LogP contribution in [0, 0.1) is 6.92 Å². The molecule has 0 saturated heterocycles. The van der Waals surface area contributed by atoms with Crippen molar-refractivity contribution in [1.82, 2.24) is 9.55 Å². The summed E-state index contributed by atoms with van der Waals surface area (Å²) in [6.07, 6.45) is 6.38. The van der Waals surface area contributed by atoms with Crippen molar-refractivity contribution in [1.29, 1.82) is 0 Å². The maximum Gasteiger partial charge on any atom is 0.140 e. The summed E-state index contributed by atoms with van der Waals surface area (Å²) in [5.74, 6) is 1.35. The lowest BCUT2D eigenvalue weighted by Gasteiger charge is -2.07. The molecular formula is C13H14N2O. The molecule has 3 heteroatoms. The topological polar surface area (TPSA) is 38.0 Å². The number of aromatic nitrogens is 2. The molecule has 1 aromatic carbocycles. The van der Waals surface area contributed by atoms with Gasteiger partial charge in [-0.3, -0.25) is 0 Å². The minimum atomic E-state index is 0.341. The Kier molecular flexibility index (Phi) is 1.99. The van der Waals surface area contributed by atoms with Gasteiger partial charge in [-0.1, -0.05) is 0 Å². The molecule has 1 fully saturated rings. The molecule has 0 bridgehead atoms. The number of aryl methyl sites for hydroxylation is 1. The van der Waals surface area contributed by atoms with E-state index in [9.17, 15) is 5.11 Å². The van der Waals surface area contributed by atoms with Crippen molar-refractivity contribution in [2.75, 3.05) is 0 Å². The number of nitrogens with zero attached hydrogens (tertiary/aromatic N) is 2. The molecule has 1 heterocycles. The van der Waals surface area contributed by atoms with Crippen molar-refractivity contribution < 1.29 is 5.11 Å². The lowest BCUT2D eigenvalue weighted by atomic mass is 10.1. The average molecular weight is 214 g/mol. The van der Waals surface area contributed by atoms with Gasteiger partial charge < -0.3 is 9.67 Å². The highest BCUT2D eigenvalue weighted by Gasteiger charge is 2.25. The predicted molar refractivity (Wildman–Crippen MR) is 62.3 cm³/mol. The monoisotopic (exact) mass is 214 g/mol. The van der Waals surface area contributed by atoms with Crippen molar-refractivity contribution in [2.24, 2.45) is 0 Å². The first-order chi connectivity index (χ1) is 7.75. The second-order valence-corrected chi connectivity index (χ2v) is 4.39. The number of benzene rings is 1. The van der Waals surface area contributed by atoms with Crippen LogP contribution in [0.3, 0.4) is 0 Å². The quantitative estimate of drug-likeness (QED) is 0.834. The predicted octanol–water partition coefficient (Wildman–Crippen LogP) is 2.90. The van der Waals surface area contributed by atoms with E-state index in [0.717, 1.165) is 17.0 Å². The Bertz CT molecular complexity index is 526. The molecule has 0 aliphatic heterocycles. The largest absolute Gasteiger partial charge is 0.508 e. The first-order valence-electron chi connectivity index (χ1n) is 5.58. The van der Waals surface area contributed by atoms with Crippen LogP contribution in [0.5, 0.6) is 5.75 Å². The Labute approximate surface area is 94.4 Å². The Morgan fingerprint density at radius 1 is 1.38 bits per heavy atom. The van der Waals surface area contributed by atoms with Crippen molar-refractivity contribution in [3.63, 3.8) is 0 Å². The number of hydrogen-bond donors (Lipinski definition) is 1. The summed E-state index contributed by atoms with van der Waals surface area (Å²) in [7, 11) is 0. The van der Waals surface area contributed by atoms with Crippen LogP contribution >= 0.6 is 0 Å². The molecule has 0 atom stereocenters. The van der Waals surface area contributed by atoms with Gasteiger partial charge in [0.2, 0.25) is 0 Å². The third-order valence-corrected chi connectivity index (χ3v) is 3.06. The van der Waals surface area contributed by atoms with Crippen LogP contribution in [0.15, 0.2) is 30.6 Å². The highest BCUT2D eigenvalue weighted by molar-refractivity contribution is 5.59. The second-order valence-electron chi connectivity index (χ2n) is 4.39. The van der Waals surface area contributed by atoms with Crippen LogP contribution < -0.4 is 0 Å². The van der Waals surface area contributed by atoms with Crippen LogP contribution in [0.25, 0.3) is 11.4 Å². The number of rotatable bonds is 2.